The van der Waals surface area contributed by atoms with Gasteiger partial charge in [-0.25, -0.2) is 4.39 Å². The van der Waals surface area contributed by atoms with Gasteiger partial charge in [0.05, 0.1) is 4.92 Å². The third-order valence-electron chi connectivity index (χ3n) is 2.89. The molecular formula is C15H13FN2O4. The zero-order valence-corrected chi connectivity index (χ0v) is 11.7. The molecule has 0 radical (unpaired) electrons. The molecule has 2 aromatic carbocycles. The summed E-state index contributed by atoms with van der Waals surface area (Å²) in [5.41, 5.74) is 0.679. The molecule has 6 nitrogen and oxygen atoms in total. The maximum absolute atomic E-state index is 13.3. The van der Waals surface area contributed by atoms with Crippen LogP contribution in [0.15, 0.2) is 42.5 Å². The molecule has 2 aromatic rings. The van der Waals surface area contributed by atoms with Crippen molar-refractivity contribution >= 4 is 17.3 Å². The van der Waals surface area contributed by atoms with Crippen molar-refractivity contribution in [3.05, 3.63) is 64.0 Å². The summed E-state index contributed by atoms with van der Waals surface area (Å²) >= 11 is 0. The van der Waals surface area contributed by atoms with Crippen LogP contribution in [0.25, 0.3) is 0 Å². The van der Waals surface area contributed by atoms with Crippen molar-refractivity contribution in [1.82, 2.24) is 0 Å². The summed E-state index contributed by atoms with van der Waals surface area (Å²) in [4.78, 5) is 22.0. The van der Waals surface area contributed by atoms with E-state index in [1.807, 2.05) is 0 Å². The third kappa shape index (κ3) is 3.78. The Bertz CT molecular complexity index is 718. The van der Waals surface area contributed by atoms with Crippen molar-refractivity contribution in [2.45, 2.75) is 6.92 Å². The zero-order valence-electron chi connectivity index (χ0n) is 11.7. The molecule has 0 aliphatic rings. The van der Waals surface area contributed by atoms with Crippen molar-refractivity contribution in [3.8, 4) is 5.75 Å². The number of nitro groups is 1. The molecule has 0 fully saturated rings. The van der Waals surface area contributed by atoms with Crippen LogP contribution < -0.4 is 10.1 Å². The van der Waals surface area contributed by atoms with Gasteiger partial charge in [0.15, 0.2) is 18.2 Å². The predicted molar refractivity (Wildman–Crippen MR) is 78.4 cm³/mol. The Morgan fingerprint density at radius 2 is 2.05 bits per heavy atom. The number of carbonyl (C=O) groups is 1. The normalized spacial score (nSPS) is 10.1. The lowest BCUT2D eigenvalue weighted by atomic mass is 10.2. The maximum atomic E-state index is 13.3. The largest absolute Gasteiger partial charge is 0.481 e. The lowest BCUT2D eigenvalue weighted by molar-refractivity contribution is -0.385. The minimum atomic E-state index is -0.568. The van der Waals surface area contributed by atoms with Gasteiger partial charge in [0.25, 0.3) is 11.6 Å². The van der Waals surface area contributed by atoms with Crippen LogP contribution in [0.3, 0.4) is 0 Å². The van der Waals surface area contributed by atoms with Crippen LogP contribution in [-0.4, -0.2) is 17.4 Å². The molecular weight excluding hydrogens is 291 g/mol. The van der Waals surface area contributed by atoms with Crippen LogP contribution in [0.1, 0.15) is 5.56 Å². The van der Waals surface area contributed by atoms with E-state index in [1.165, 1.54) is 30.3 Å². The third-order valence-corrected chi connectivity index (χ3v) is 2.89. The summed E-state index contributed by atoms with van der Waals surface area (Å²) in [6, 6.07) is 10.0. The van der Waals surface area contributed by atoms with E-state index in [0.29, 0.717) is 5.56 Å². The smallest absolute Gasteiger partial charge is 0.274 e. The minimum Gasteiger partial charge on any atom is -0.481 e. The summed E-state index contributed by atoms with van der Waals surface area (Å²) in [6.45, 7) is 1.20. The fourth-order valence-electron chi connectivity index (χ4n) is 1.79. The Balaban J connectivity index is 1.99. The molecule has 114 valence electrons. The number of rotatable bonds is 5. The van der Waals surface area contributed by atoms with E-state index in [0.717, 1.165) is 0 Å². The molecule has 0 unspecified atom stereocenters. The molecule has 22 heavy (non-hydrogen) atoms. The van der Waals surface area contributed by atoms with E-state index < -0.39 is 23.3 Å². The number of hydrogen-bond donors (Lipinski definition) is 1. The van der Waals surface area contributed by atoms with Crippen molar-refractivity contribution in [2.75, 3.05) is 11.9 Å². The quantitative estimate of drug-likeness (QED) is 0.680. The molecule has 0 saturated carbocycles. The number of carbonyl (C=O) groups excluding carboxylic acids is 1. The summed E-state index contributed by atoms with van der Waals surface area (Å²) in [6.07, 6.45) is 0. The number of ether oxygens (including phenoxy) is 1. The van der Waals surface area contributed by atoms with Gasteiger partial charge in [0.2, 0.25) is 0 Å². The van der Waals surface area contributed by atoms with E-state index in [2.05, 4.69) is 5.32 Å². The van der Waals surface area contributed by atoms with Gasteiger partial charge in [-0.3, -0.25) is 14.9 Å². The zero-order chi connectivity index (χ0) is 16.1. The number of benzene rings is 2. The highest BCUT2D eigenvalue weighted by Gasteiger charge is 2.13. The van der Waals surface area contributed by atoms with E-state index in [4.69, 9.17) is 4.74 Å². The number of anilines is 1. The Hall–Kier alpha value is -2.96. The molecule has 0 heterocycles. The first kappa shape index (κ1) is 15.4. The van der Waals surface area contributed by atoms with Gasteiger partial charge < -0.3 is 10.1 Å². The topological polar surface area (TPSA) is 81.5 Å². The molecule has 0 aliphatic carbocycles. The van der Waals surface area contributed by atoms with Crippen molar-refractivity contribution in [2.24, 2.45) is 0 Å². The molecule has 0 bridgehead atoms. The monoisotopic (exact) mass is 304 g/mol. The van der Waals surface area contributed by atoms with Gasteiger partial charge in [-0.15, -0.1) is 0 Å². The van der Waals surface area contributed by atoms with Gasteiger partial charge in [0, 0.05) is 17.3 Å². The Labute approximate surface area is 125 Å². The summed E-state index contributed by atoms with van der Waals surface area (Å²) in [5.74, 6) is -1.14. The van der Waals surface area contributed by atoms with Gasteiger partial charge >= 0.3 is 0 Å². The fraction of sp³-hybridized carbons (Fsp3) is 0.133. The number of nitrogens with one attached hydrogen (secondary N) is 1. The van der Waals surface area contributed by atoms with E-state index in [9.17, 15) is 19.3 Å². The van der Waals surface area contributed by atoms with Crippen molar-refractivity contribution < 1.29 is 18.8 Å². The van der Waals surface area contributed by atoms with Crippen LogP contribution in [0.4, 0.5) is 15.8 Å². The number of para-hydroxylation sites is 1. The second-order valence-corrected chi connectivity index (χ2v) is 4.53. The van der Waals surface area contributed by atoms with Gasteiger partial charge in [-0.2, -0.15) is 0 Å². The van der Waals surface area contributed by atoms with E-state index >= 15 is 0 Å². The van der Waals surface area contributed by atoms with Crippen LogP contribution in [0, 0.1) is 22.9 Å². The SMILES string of the molecule is Cc1ccc(NC(=O)COc2ccccc2F)cc1[N+](=O)[O-]. The average molecular weight is 304 g/mol. The van der Waals surface area contributed by atoms with Crippen LogP contribution in [0.5, 0.6) is 5.75 Å². The first-order chi connectivity index (χ1) is 10.5. The first-order valence-electron chi connectivity index (χ1n) is 6.39. The van der Waals surface area contributed by atoms with Crippen LogP contribution in [-0.2, 0) is 4.79 Å². The molecule has 0 aliphatic heterocycles. The molecule has 1 N–H and O–H groups in total. The number of nitro benzene ring substituents is 1. The van der Waals surface area contributed by atoms with Crippen molar-refractivity contribution in [3.63, 3.8) is 0 Å². The number of amides is 1. The lowest BCUT2D eigenvalue weighted by Gasteiger charge is -2.08. The number of nitrogens with zero attached hydrogens (tertiary/aromatic N) is 1. The van der Waals surface area contributed by atoms with E-state index in [-0.39, 0.29) is 17.1 Å². The molecule has 0 aromatic heterocycles. The van der Waals surface area contributed by atoms with Crippen LogP contribution >= 0.6 is 0 Å². The molecule has 7 heteroatoms. The Morgan fingerprint density at radius 3 is 2.73 bits per heavy atom. The van der Waals surface area contributed by atoms with Gasteiger partial charge in [-0.05, 0) is 25.1 Å². The lowest BCUT2D eigenvalue weighted by Crippen LogP contribution is -2.20. The number of halogens is 1. The second kappa shape index (κ2) is 6.66. The minimum absolute atomic E-state index is 0.0347. The fourth-order valence-corrected chi connectivity index (χ4v) is 1.79. The highest BCUT2D eigenvalue weighted by Crippen LogP contribution is 2.22. The number of hydrogen-bond acceptors (Lipinski definition) is 4. The van der Waals surface area contributed by atoms with Gasteiger partial charge in [-0.1, -0.05) is 18.2 Å². The van der Waals surface area contributed by atoms with Crippen LogP contribution in [0.2, 0.25) is 0 Å². The molecule has 2 rings (SSSR count). The Kier molecular flexibility index (Phi) is 4.67. The first-order valence-corrected chi connectivity index (χ1v) is 6.39. The average Bonchev–Trinajstić information content (AvgIpc) is 2.48. The molecule has 0 saturated heterocycles. The summed E-state index contributed by atoms with van der Waals surface area (Å²) in [5, 5.41) is 13.3. The number of aryl methyl sites for hydroxylation is 1. The van der Waals surface area contributed by atoms with Gasteiger partial charge in [0.1, 0.15) is 0 Å². The predicted octanol–water partition coefficient (Wildman–Crippen LogP) is 3.06. The second-order valence-electron chi connectivity index (χ2n) is 4.53. The molecule has 0 atom stereocenters. The summed E-state index contributed by atoms with van der Waals surface area (Å²) < 4.78 is 18.4. The van der Waals surface area contributed by atoms with E-state index in [1.54, 1.807) is 19.1 Å². The highest BCUT2D eigenvalue weighted by atomic mass is 19.1. The highest BCUT2D eigenvalue weighted by molar-refractivity contribution is 5.92. The molecule has 1 amide bonds. The Morgan fingerprint density at radius 1 is 1.32 bits per heavy atom. The summed E-state index contributed by atoms with van der Waals surface area (Å²) in [7, 11) is 0. The molecule has 0 spiro atoms. The maximum Gasteiger partial charge on any atom is 0.274 e. The van der Waals surface area contributed by atoms with Crippen molar-refractivity contribution in [1.29, 1.82) is 0 Å². The standard InChI is InChI=1S/C15H13FN2O4/c1-10-6-7-11(8-13(10)18(20)21)17-15(19)9-22-14-5-3-2-4-12(14)16/h2-8H,9H2,1H3,(H,17,19).